The van der Waals surface area contributed by atoms with Crippen LogP contribution in [0.5, 0.6) is 0 Å². The maximum absolute atomic E-state index is 13.3. The molecule has 0 spiro atoms. The number of rotatable bonds is 2. The number of nitrogen functional groups attached to an aromatic ring is 1. The van der Waals surface area contributed by atoms with Crippen LogP contribution in [0, 0.1) is 5.82 Å². The van der Waals surface area contributed by atoms with E-state index in [1.807, 2.05) is 12.1 Å². The van der Waals surface area contributed by atoms with E-state index >= 15 is 0 Å². The summed E-state index contributed by atoms with van der Waals surface area (Å²) in [7, 11) is 0. The summed E-state index contributed by atoms with van der Waals surface area (Å²) in [6.45, 7) is 1.56. The van der Waals surface area contributed by atoms with Crippen LogP contribution in [0.15, 0.2) is 42.5 Å². The first-order valence-corrected chi connectivity index (χ1v) is 9.58. The van der Waals surface area contributed by atoms with Gasteiger partial charge in [-0.15, -0.1) is 0 Å². The van der Waals surface area contributed by atoms with E-state index in [2.05, 4.69) is 10.3 Å². The molecular weight excluding hydrogens is 381 g/mol. The SMILES string of the molecule is Nc1ccc2nc(NC(=O)N3CCN(C(=O)c4cccc(F)c4)CC3)sc2c1. The van der Waals surface area contributed by atoms with Crippen molar-refractivity contribution in [3.63, 3.8) is 0 Å². The van der Waals surface area contributed by atoms with E-state index < -0.39 is 5.82 Å². The molecule has 0 atom stereocenters. The number of carbonyl (C=O) groups is 2. The lowest BCUT2D eigenvalue weighted by Crippen LogP contribution is -2.51. The molecule has 3 aromatic rings. The number of aromatic nitrogens is 1. The molecule has 1 aromatic heterocycles. The van der Waals surface area contributed by atoms with Crippen molar-refractivity contribution in [1.29, 1.82) is 0 Å². The number of nitrogens with two attached hydrogens (primary N) is 1. The third-order valence-corrected chi connectivity index (χ3v) is 5.49. The van der Waals surface area contributed by atoms with Crippen LogP contribution >= 0.6 is 11.3 Å². The number of hydrogen-bond donors (Lipinski definition) is 2. The molecule has 144 valence electrons. The molecule has 0 aliphatic carbocycles. The molecule has 0 unspecified atom stereocenters. The fraction of sp³-hybridized carbons (Fsp3) is 0.211. The zero-order chi connectivity index (χ0) is 19.7. The van der Waals surface area contributed by atoms with E-state index in [-0.39, 0.29) is 11.9 Å². The van der Waals surface area contributed by atoms with Gasteiger partial charge < -0.3 is 15.5 Å². The van der Waals surface area contributed by atoms with Crippen molar-refractivity contribution >= 4 is 44.3 Å². The minimum Gasteiger partial charge on any atom is -0.399 e. The minimum absolute atomic E-state index is 0.233. The zero-order valence-corrected chi connectivity index (χ0v) is 15.7. The number of amides is 3. The maximum atomic E-state index is 13.3. The number of benzene rings is 2. The largest absolute Gasteiger partial charge is 0.399 e. The van der Waals surface area contributed by atoms with Gasteiger partial charge in [-0.25, -0.2) is 14.2 Å². The second kappa shape index (κ2) is 7.43. The number of nitrogens with zero attached hydrogens (tertiary/aromatic N) is 3. The molecule has 1 aliphatic heterocycles. The van der Waals surface area contributed by atoms with Crippen LogP contribution in [-0.2, 0) is 0 Å². The Labute approximate surface area is 164 Å². The summed E-state index contributed by atoms with van der Waals surface area (Å²) in [5, 5.41) is 3.31. The lowest BCUT2D eigenvalue weighted by atomic mass is 10.2. The van der Waals surface area contributed by atoms with Crippen molar-refractivity contribution in [2.24, 2.45) is 0 Å². The molecule has 0 radical (unpaired) electrons. The molecule has 4 rings (SSSR count). The molecule has 1 fully saturated rings. The molecule has 0 bridgehead atoms. The van der Waals surface area contributed by atoms with Gasteiger partial charge in [-0.1, -0.05) is 17.4 Å². The molecule has 3 N–H and O–H groups in total. The summed E-state index contributed by atoms with van der Waals surface area (Å²) in [5.41, 5.74) is 7.51. The van der Waals surface area contributed by atoms with Crippen LogP contribution in [0.2, 0.25) is 0 Å². The van der Waals surface area contributed by atoms with Crippen molar-refractivity contribution < 1.29 is 14.0 Å². The number of hydrogen-bond acceptors (Lipinski definition) is 5. The average molecular weight is 399 g/mol. The highest BCUT2D eigenvalue weighted by Crippen LogP contribution is 2.27. The van der Waals surface area contributed by atoms with Gasteiger partial charge >= 0.3 is 6.03 Å². The number of halogens is 1. The lowest BCUT2D eigenvalue weighted by molar-refractivity contribution is 0.0671. The topological polar surface area (TPSA) is 91.6 Å². The van der Waals surface area contributed by atoms with Gasteiger partial charge in [-0.3, -0.25) is 10.1 Å². The Balaban J connectivity index is 1.36. The fourth-order valence-electron chi connectivity index (χ4n) is 3.08. The Morgan fingerprint density at radius 2 is 1.82 bits per heavy atom. The van der Waals surface area contributed by atoms with Crippen molar-refractivity contribution in [3.05, 3.63) is 53.8 Å². The first kappa shape index (κ1) is 18.2. The van der Waals surface area contributed by atoms with Crippen molar-refractivity contribution in [2.75, 3.05) is 37.2 Å². The van der Waals surface area contributed by atoms with Gasteiger partial charge in [0.1, 0.15) is 5.82 Å². The number of piperazine rings is 1. The van der Waals surface area contributed by atoms with Crippen molar-refractivity contribution in [3.8, 4) is 0 Å². The molecule has 28 heavy (non-hydrogen) atoms. The highest BCUT2D eigenvalue weighted by atomic mass is 32.1. The molecule has 2 heterocycles. The number of carbonyl (C=O) groups excluding carboxylic acids is 2. The van der Waals surface area contributed by atoms with E-state index in [1.165, 1.54) is 29.5 Å². The minimum atomic E-state index is -0.443. The zero-order valence-electron chi connectivity index (χ0n) is 14.9. The Hall–Kier alpha value is -3.20. The van der Waals surface area contributed by atoms with Gasteiger partial charge in [-0.05, 0) is 36.4 Å². The lowest BCUT2D eigenvalue weighted by Gasteiger charge is -2.34. The van der Waals surface area contributed by atoms with Crippen LogP contribution in [0.3, 0.4) is 0 Å². The van der Waals surface area contributed by atoms with Crippen LogP contribution < -0.4 is 11.1 Å². The molecule has 1 saturated heterocycles. The molecule has 7 nitrogen and oxygen atoms in total. The molecule has 2 aromatic carbocycles. The monoisotopic (exact) mass is 399 g/mol. The highest BCUT2D eigenvalue weighted by Gasteiger charge is 2.25. The van der Waals surface area contributed by atoms with Gasteiger partial charge in [0.2, 0.25) is 0 Å². The summed E-state index contributed by atoms with van der Waals surface area (Å²) in [4.78, 5) is 32.6. The fourth-order valence-corrected chi connectivity index (χ4v) is 3.99. The van der Waals surface area contributed by atoms with E-state index in [0.717, 1.165) is 10.2 Å². The molecule has 0 saturated carbocycles. The quantitative estimate of drug-likeness (QED) is 0.648. The summed E-state index contributed by atoms with van der Waals surface area (Å²) >= 11 is 1.36. The molecule has 9 heteroatoms. The van der Waals surface area contributed by atoms with Crippen LogP contribution in [0.25, 0.3) is 10.2 Å². The standard InChI is InChI=1S/C19H18FN5O2S/c20-13-3-1-2-12(10-13)17(26)24-6-8-25(9-7-24)19(27)23-18-22-15-5-4-14(21)11-16(15)28-18/h1-5,10-11H,6-9,21H2,(H,22,23,27). The number of fused-ring (bicyclic) bond motifs is 1. The summed E-state index contributed by atoms with van der Waals surface area (Å²) < 4.78 is 14.2. The summed E-state index contributed by atoms with van der Waals surface area (Å²) in [6.07, 6.45) is 0. The van der Waals surface area contributed by atoms with Crippen molar-refractivity contribution in [1.82, 2.24) is 14.8 Å². The first-order valence-electron chi connectivity index (χ1n) is 8.76. The second-order valence-corrected chi connectivity index (χ2v) is 7.50. The van der Waals surface area contributed by atoms with E-state index in [9.17, 15) is 14.0 Å². The van der Waals surface area contributed by atoms with Gasteiger partial charge in [0.15, 0.2) is 5.13 Å². The summed E-state index contributed by atoms with van der Waals surface area (Å²) in [6, 6.07) is 10.8. The third-order valence-electron chi connectivity index (χ3n) is 4.55. The van der Waals surface area contributed by atoms with E-state index in [0.29, 0.717) is 42.6 Å². The summed E-state index contributed by atoms with van der Waals surface area (Å²) in [5.74, 6) is -0.676. The molecular formula is C19H18FN5O2S. The Morgan fingerprint density at radius 3 is 2.57 bits per heavy atom. The van der Waals surface area contributed by atoms with Crippen LogP contribution in [0.4, 0.5) is 20.0 Å². The predicted octanol–water partition coefficient (Wildman–Crippen LogP) is 3.01. The van der Waals surface area contributed by atoms with Crippen LogP contribution in [0.1, 0.15) is 10.4 Å². The predicted molar refractivity (Wildman–Crippen MR) is 107 cm³/mol. The number of urea groups is 1. The number of thiazole rings is 1. The van der Waals surface area contributed by atoms with Crippen molar-refractivity contribution in [2.45, 2.75) is 0 Å². The van der Waals surface area contributed by atoms with E-state index in [1.54, 1.807) is 21.9 Å². The Bertz CT molecular complexity index is 1050. The number of nitrogens with one attached hydrogen (secondary N) is 1. The Kier molecular flexibility index (Phi) is 4.82. The molecule has 3 amide bonds. The first-order chi connectivity index (χ1) is 13.5. The maximum Gasteiger partial charge on any atom is 0.323 e. The normalized spacial score (nSPS) is 14.3. The van der Waals surface area contributed by atoms with Gasteiger partial charge in [0, 0.05) is 37.4 Å². The second-order valence-electron chi connectivity index (χ2n) is 6.47. The number of anilines is 2. The van der Waals surface area contributed by atoms with Gasteiger partial charge in [-0.2, -0.15) is 0 Å². The van der Waals surface area contributed by atoms with Gasteiger partial charge in [0.25, 0.3) is 5.91 Å². The third kappa shape index (κ3) is 3.74. The van der Waals surface area contributed by atoms with Crippen LogP contribution in [-0.4, -0.2) is 52.9 Å². The van der Waals surface area contributed by atoms with Gasteiger partial charge in [0.05, 0.1) is 10.2 Å². The molecule has 1 aliphatic rings. The highest BCUT2D eigenvalue weighted by molar-refractivity contribution is 7.22. The smallest absolute Gasteiger partial charge is 0.323 e. The average Bonchev–Trinajstić information content (AvgIpc) is 3.08. The van der Waals surface area contributed by atoms with E-state index in [4.69, 9.17) is 5.73 Å². The Morgan fingerprint density at radius 1 is 1.07 bits per heavy atom.